The summed E-state index contributed by atoms with van der Waals surface area (Å²) in [6.45, 7) is 3.70. The van der Waals surface area contributed by atoms with Gasteiger partial charge in [0.25, 0.3) is 0 Å². The van der Waals surface area contributed by atoms with E-state index in [1.54, 1.807) is 6.20 Å². The van der Waals surface area contributed by atoms with Crippen molar-refractivity contribution >= 4 is 5.82 Å². The molecule has 1 saturated heterocycles. The molecule has 1 aromatic heterocycles. The quantitative estimate of drug-likeness (QED) is 0.803. The van der Waals surface area contributed by atoms with Gasteiger partial charge in [-0.3, -0.25) is 0 Å². The summed E-state index contributed by atoms with van der Waals surface area (Å²) in [6, 6.07) is 4.01. The van der Waals surface area contributed by atoms with Gasteiger partial charge in [0.2, 0.25) is 0 Å². The molecular weight excluding hydrogens is 218 g/mol. The summed E-state index contributed by atoms with van der Waals surface area (Å²) in [6.07, 6.45) is 1.51. The average Bonchev–Trinajstić information content (AvgIpc) is 2.38. The first-order chi connectivity index (χ1) is 8.26. The minimum atomic E-state index is -0.197. The van der Waals surface area contributed by atoms with Crippen LogP contribution in [-0.2, 0) is 4.74 Å². The summed E-state index contributed by atoms with van der Waals surface area (Å²) in [5, 5.41) is 18.3. The third-order valence-corrected chi connectivity index (χ3v) is 2.89. The number of rotatable bonds is 2. The highest BCUT2D eigenvalue weighted by Gasteiger charge is 2.23. The van der Waals surface area contributed by atoms with E-state index in [0.717, 1.165) is 5.56 Å². The number of ether oxygens (including phenoxy) is 1. The first kappa shape index (κ1) is 11.8. The lowest BCUT2D eigenvalue weighted by atomic mass is 10.1. The van der Waals surface area contributed by atoms with Gasteiger partial charge in [-0.05, 0) is 18.6 Å². The zero-order valence-corrected chi connectivity index (χ0v) is 9.76. The maximum Gasteiger partial charge on any atom is 0.146 e. The number of pyridine rings is 1. The fraction of sp³-hybridized carbons (Fsp3) is 0.500. The molecular formula is C12H15N3O2. The first-order valence-corrected chi connectivity index (χ1v) is 5.59. The highest BCUT2D eigenvalue weighted by atomic mass is 16.5. The Kier molecular flexibility index (Phi) is 3.57. The van der Waals surface area contributed by atoms with Crippen LogP contribution in [0.1, 0.15) is 11.1 Å². The third kappa shape index (κ3) is 2.38. The van der Waals surface area contributed by atoms with Crippen molar-refractivity contribution in [1.29, 1.82) is 5.26 Å². The highest BCUT2D eigenvalue weighted by Crippen LogP contribution is 2.21. The second-order valence-corrected chi connectivity index (χ2v) is 4.06. The second kappa shape index (κ2) is 5.13. The number of anilines is 1. The number of nitriles is 1. The molecule has 2 heterocycles. The summed E-state index contributed by atoms with van der Waals surface area (Å²) in [5.41, 5.74) is 1.52. The number of aromatic nitrogens is 1. The van der Waals surface area contributed by atoms with Crippen molar-refractivity contribution in [3.63, 3.8) is 0 Å². The van der Waals surface area contributed by atoms with Crippen LogP contribution >= 0.6 is 0 Å². The Labute approximate surface area is 100 Å². The molecule has 1 N–H and O–H groups in total. The van der Waals surface area contributed by atoms with E-state index in [2.05, 4.69) is 11.1 Å². The maximum absolute atomic E-state index is 9.16. The second-order valence-electron chi connectivity index (χ2n) is 4.06. The molecule has 90 valence electrons. The van der Waals surface area contributed by atoms with Gasteiger partial charge in [0.05, 0.1) is 24.9 Å². The summed E-state index contributed by atoms with van der Waals surface area (Å²) < 4.78 is 5.38. The zero-order chi connectivity index (χ0) is 12.3. The molecule has 1 fully saturated rings. The minimum absolute atomic E-state index is 0.00972. The fourth-order valence-corrected chi connectivity index (χ4v) is 1.94. The number of aryl methyl sites for hydroxylation is 1. The fourth-order valence-electron chi connectivity index (χ4n) is 1.94. The molecule has 0 radical (unpaired) electrons. The van der Waals surface area contributed by atoms with Gasteiger partial charge in [-0.2, -0.15) is 5.26 Å². The van der Waals surface area contributed by atoms with Crippen LogP contribution in [0.2, 0.25) is 0 Å². The number of hydrogen-bond acceptors (Lipinski definition) is 5. The smallest absolute Gasteiger partial charge is 0.146 e. The van der Waals surface area contributed by atoms with Gasteiger partial charge in [-0.1, -0.05) is 0 Å². The lowest BCUT2D eigenvalue weighted by Gasteiger charge is -2.33. The number of morpholine rings is 1. The van der Waals surface area contributed by atoms with Gasteiger partial charge < -0.3 is 14.7 Å². The van der Waals surface area contributed by atoms with E-state index in [-0.39, 0.29) is 12.7 Å². The molecule has 2 rings (SSSR count). The molecule has 1 unspecified atom stereocenters. The van der Waals surface area contributed by atoms with E-state index in [1.807, 2.05) is 17.9 Å². The van der Waals surface area contributed by atoms with Crippen LogP contribution in [0, 0.1) is 18.3 Å². The Balaban J connectivity index is 2.28. The van der Waals surface area contributed by atoms with Crippen molar-refractivity contribution in [2.75, 3.05) is 31.2 Å². The Bertz CT molecular complexity index is 442. The monoisotopic (exact) mass is 233 g/mol. The molecule has 0 bridgehead atoms. The molecule has 5 nitrogen and oxygen atoms in total. The first-order valence-electron chi connectivity index (χ1n) is 5.59. The van der Waals surface area contributed by atoms with Crippen LogP contribution < -0.4 is 4.90 Å². The van der Waals surface area contributed by atoms with E-state index in [4.69, 9.17) is 15.1 Å². The van der Waals surface area contributed by atoms with Crippen LogP contribution in [-0.4, -0.2) is 42.5 Å². The van der Waals surface area contributed by atoms with Crippen molar-refractivity contribution < 1.29 is 9.84 Å². The molecule has 1 aliphatic rings. The van der Waals surface area contributed by atoms with E-state index in [9.17, 15) is 0 Å². The van der Waals surface area contributed by atoms with Crippen LogP contribution in [0.5, 0.6) is 0 Å². The van der Waals surface area contributed by atoms with Crippen molar-refractivity contribution in [1.82, 2.24) is 4.98 Å². The van der Waals surface area contributed by atoms with Crippen LogP contribution in [0.25, 0.3) is 0 Å². The number of aliphatic hydroxyl groups excluding tert-OH is 1. The van der Waals surface area contributed by atoms with Gasteiger partial charge in [-0.15, -0.1) is 0 Å². The lowest BCUT2D eigenvalue weighted by Crippen LogP contribution is -2.44. The molecule has 0 saturated carbocycles. The van der Waals surface area contributed by atoms with Gasteiger partial charge in [0.1, 0.15) is 11.9 Å². The van der Waals surface area contributed by atoms with Crippen molar-refractivity contribution in [2.24, 2.45) is 0 Å². The van der Waals surface area contributed by atoms with Crippen molar-refractivity contribution in [3.05, 3.63) is 23.4 Å². The molecule has 0 aliphatic carbocycles. The largest absolute Gasteiger partial charge is 0.394 e. The van der Waals surface area contributed by atoms with Crippen molar-refractivity contribution in [2.45, 2.75) is 13.0 Å². The van der Waals surface area contributed by atoms with Crippen LogP contribution in [0.4, 0.5) is 5.82 Å². The Morgan fingerprint density at radius 1 is 1.71 bits per heavy atom. The summed E-state index contributed by atoms with van der Waals surface area (Å²) in [7, 11) is 0. The van der Waals surface area contributed by atoms with E-state index < -0.39 is 0 Å². The Morgan fingerprint density at radius 3 is 3.24 bits per heavy atom. The summed E-state index contributed by atoms with van der Waals surface area (Å²) >= 11 is 0. The molecule has 1 aliphatic heterocycles. The SMILES string of the molecule is Cc1ccnc(N2CCOC(CO)C2)c1C#N. The Hall–Kier alpha value is -1.64. The van der Waals surface area contributed by atoms with Gasteiger partial charge in [0.15, 0.2) is 0 Å². The van der Waals surface area contributed by atoms with E-state index >= 15 is 0 Å². The van der Waals surface area contributed by atoms with Crippen LogP contribution in [0.15, 0.2) is 12.3 Å². The summed E-state index contributed by atoms with van der Waals surface area (Å²) in [4.78, 5) is 6.26. The third-order valence-electron chi connectivity index (χ3n) is 2.89. The lowest BCUT2D eigenvalue weighted by molar-refractivity contribution is 0.00335. The van der Waals surface area contributed by atoms with Gasteiger partial charge in [0, 0.05) is 19.3 Å². The molecule has 17 heavy (non-hydrogen) atoms. The standard InChI is InChI=1S/C12H15N3O2/c1-9-2-3-14-12(11(9)6-13)15-4-5-17-10(7-15)8-16/h2-3,10,16H,4-5,7-8H2,1H3. The molecule has 1 atom stereocenters. The zero-order valence-electron chi connectivity index (χ0n) is 9.76. The molecule has 0 aromatic carbocycles. The minimum Gasteiger partial charge on any atom is -0.394 e. The maximum atomic E-state index is 9.16. The summed E-state index contributed by atoms with van der Waals surface area (Å²) in [5.74, 6) is 0.689. The molecule has 1 aromatic rings. The van der Waals surface area contributed by atoms with E-state index in [1.165, 1.54) is 0 Å². The van der Waals surface area contributed by atoms with E-state index in [0.29, 0.717) is 31.1 Å². The average molecular weight is 233 g/mol. The molecule has 0 spiro atoms. The highest BCUT2D eigenvalue weighted by molar-refractivity contribution is 5.57. The number of nitrogens with zero attached hydrogens (tertiary/aromatic N) is 3. The topological polar surface area (TPSA) is 69.4 Å². The van der Waals surface area contributed by atoms with Gasteiger partial charge >= 0.3 is 0 Å². The molecule has 0 amide bonds. The Morgan fingerprint density at radius 2 is 2.53 bits per heavy atom. The normalized spacial score (nSPS) is 20.1. The predicted molar refractivity (Wildman–Crippen MR) is 62.7 cm³/mol. The number of aliphatic hydroxyl groups is 1. The molecule has 5 heteroatoms. The predicted octanol–water partition coefficient (Wildman–Crippen LogP) is 0.459. The van der Waals surface area contributed by atoms with Crippen molar-refractivity contribution in [3.8, 4) is 6.07 Å². The van der Waals surface area contributed by atoms with Gasteiger partial charge in [-0.25, -0.2) is 4.98 Å². The van der Waals surface area contributed by atoms with Crippen LogP contribution in [0.3, 0.4) is 0 Å². The number of hydrogen-bond donors (Lipinski definition) is 1.